The molecule has 3 heterocycles. The van der Waals surface area contributed by atoms with Crippen molar-refractivity contribution in [2.45, 2.75) is 40.5 Å². The summed E-state index contributed by atoms with van der Waals surface area (Å²) in [5, 5.41) is 8.02. The first-order valence-corrected chi connectivity index (χ1v) is 7.16. The third-order valence-electron chi connectivity index (χ3n) is 3.36. The second-order valence-electron chi connectivity index (χ2n) is 4.92. The lowest BCUT2D eigenvalue weighted by molar-refractivity contribution is 0.445. The van der Waals surface area contributed by atoms with Gasteiger partial charge in [-0.1, -0.05) is 20.8 Å². The minimum absolute atomic E-state index is 0.737. The van der Waals surface area contributed by atoms with Crippen LogP contribution >= 0.6 is 0 Å². The van der Waals surface area contributed by atoms with Crippen molar-refractivity contribution in [3.8, 4) is 0 Å². The van der Waals surface area contributed by atoms with Crippen LogP contribution in [-0.2, 0) is 0 Å². The van der Waals surface area contributed by atoms with Gasteiger partial charge in [0.05, 0.1) is 11.6 Å². The minimum atomic E-state index is 0.737. The minimum Gasteiger partial charge on any atom is -0.356 e. The molecule has 1 aliphatic rings. The van der Waals surface area contributed by atoms with Crippen molar-refractivity contribution in [3.63, 3.8) is 0 Å². The van der Waals surface area contributed by atoms with Gasteiger partial charge in [-0.15, -0.1) is 0 Å². The first-order chi connectivity index (χ1) is 9.24. The van der Waals surface area contributed by atoms with Crippen molar-refractivity contribution in [1.82, 2.24) is 20.2 Å². The Labute approximate surface area is 114 Å². The van der Waals surface area contributed by atoms with E-state index in [1.807, 2.05) is 27.0 Å². The van der Waals surface area contributed by atoms with Gasteiger partial charge in [-0.05, 0) is 25.7 Å². The fourth-order valence-electron chi connectivity index (χ4n) is 2.55. The second-order valence-corrected chi connectivity index (χ2v) is 4.92. The predicted molar refractivity (Wildman–Crippen MR) is 78.4 cm³/mol. The lowest BCUT2D eigenvalue weighted by Crippen LogP contribution is -2.35. The van der Waals surface area contributed by atoms with Gasteiger partial charge in [0.1, 0.15) is 11.6 Å². The molecule has 1 unspecified atom stereocenters. The Morgan fingerprint density at radius 3 is 2.84 bits per heavy atom. The molecule has 1 N–H and O–H groups in total. The molecule has 0 aromatic carbocycles. The van der Waals surface area contributed by atoms with Crippen LogP contribution in [0.15, 0.2) is 6.20 Å². The molecule has 0 aliphatic carbocycles. The number of anilines is 1. The fourth-order valence-corrected chi connectivity index (χ4v) is 2.55. The molecule has 0 bridgehead atoms. The highest BCUT2D eigenvalue weighted by molar-refractivity contribution is 5.86. The number of nitrogens with one attached hydrogen (secondary N) is 1. The van der Waals surface area contributed by atoms with E-state index in [0.717, 1.165) is 41.7 Å². The van der Waals surface area contributed by atoms with Gasteiger partial charge in [-0.25, -0.2) is 9.97 Å². The van der Waals surface area contributed by atoms with E-state index in [1.165, 1.54) is 12.8 Å². The summed E-state index contributed by atoms with van der Waals surface area (Å²) in [6.07, 6.45) is 4.38. The van der Waals surface area contributed by atoms with E-state index in [2.05, 4.69) is 32.0 Å². The summed E-state index contributed by atoms with van der Waals surface area (Å²) >= 11 is 0. The lowest BCUT2D eigenvalue weighted by atomic mass is 10.0. The molecule has 5 nitrogen and oxygen atoms in total. The van der Waals surface area contributed by atoms with Crippen LogP contribution in [0.3, 0.4) is 0 Å². The topological polar surface area (TPSA) is 57.7 Å². The fraction of sp³-hybridized carbons (Fsp3) is 0.643. The Kier molecular flexibility index (Phi) is 4.35. The van der Waals surface area contributed by atoms with E-state index in [9.17, 15) is 0 Å². The summed E-state index contributed by atoms with van der Waals surface area (Å²) < 4.78 is 0. The normalized spacial score (nSPS) is 19.2. The highest BCUT2D eigenvalue weighted by Gasteiger charge is 2.20. The molecule has 104 valence electrons. The van der Waals surface area contributed by atoms with Gasteiger partial charge in [0, 0.05) is 13.1 Å². The van der Waals surface area contributed by atoms with Crippen LogP contribution in [0.5, 0.6) is 0 Å². The van der Waals surface area contributed by atoms with E-state index in [-0.39, 0.29) is 0 Å². The third kappa shape index (κ3) is 2.85. The van der Waals surface area contributed by atoms with Crippen LogP contribution in [0.25, 0.3) is 11.0 Å². The van der Waals surface area contributed by atoms with Crippen LogP contribution in [0, 0.1) is 12.8 Å². The van der Waals surface area contributed by atoms with Gasteiger partial charge < -0.3 is 4.90 Å². The Hall–Kier alpha value is -1.65. The molecule has 1 aliphatic heterocycles. The van der Waals surface area contributed by atoms with E-state index < -0.39 is 0 Å². The molecule has 5 heteroatoms. The van der Waals surface area contributed by atoms with Gasteiger partial charge in [0.25, 0.3) is 0 Å². The molecule has 2 aromatic rings. The zero-order chi connectivity index (χ0) is 13.8. The van der Waals surface area contributed by atoms with E-state index >= 15 is 0 Å². The van der Waals surface area contributed by atoms with Crippen LogP contribution in [0.4, 0.5) is 5.82 Å². The number of nitrogens with zero attached hydrogens (tertiary/aromatic N) is 4. The average molecular weight is 261 g/mol. The van der Waals surface area contributed by atoms with Crippen LogP contribution in [-0.4, -0.2) is 33.3 Å². The maximum atomic E-state index is 4.59. The number of aryl methyl sites for hydroxylation is 1. The van der Waals surface area contributed by atoms with Crippen molar-refractivity contribution in [1.29, 1.82) is 0 Å². The van der Waals surface area contributed by atoms with E-state index in [1.54, 1.807) is 0 Å². The van der Waals surface area contributed by atoms with Crippen molar-refractivity contribution in [2.75, 3.05) is 18.0 Å². The number of fused-ring (bicyclic) bond motifs is 1. The smallest absolute Gasteiger partial charge is 0.161 e. The molecule has 0 amide bonds. The van der Waals surface area contributed by atoms with E-state index in [4.69, 9.17) is 0 Å². The highest BCUT2D eigenvalue weighted by Crippen LogP contribution is 2.26. The molecule has 3 rings (SSSR count). The Balaban J connectivity index is 0.000000637. The number of aromatic amines is 1. The number of hydrogen-bond acceptors (Lipinski definition) is 4. The summed E-state index contributed by atoms with van der Waals surface area (Å²) in [6, 6.07) is 0. The van der Waals surface area contributed by atoms with Gasteiger partial charge >= 0.3 is 0 Å². The molecular weight excluding hydrogens is 238 g/mol. The predicted octanol–water partition coefficient (Wildman–Crippen LogP) is 2.92. The standard InChI is InChI=1S/C12H17N5.C2H6/c1-8-4-3-5-17(7-8)12-10-6-13-16-11(10)14-9(2)15-12;1-2/h6,8H,3-5,7H2,1-2H3,(H,13,14,15,16);1-2H3. The first-order valence-electron chi connectivity index (χ1n) is 7.16. The van der Waals surface area contributed by atoms with Crippen molar-refractivity contribution in [3.05, 3.63) is 12.0 Å². The van der Waals surface area contributed by atoms with Gasteiger partial charge in [-0.3, -0.25) is 5.10 Å². The van der Waals surface area contributed by atoms with Crippen LogP contribution in [0.2, 0.25) is 0 Å². The average Bonchev–Trinajstić information content (AvgIpc) is 2.88. The van der Waals surface area contributed by atoms with Gasteiger partial charge in [-0.2, -0.15) is 5.10 Å². The zero-order valence-corrected chi connectivity index (χ0v) is 12.3. The van der Waals surface area contributed by atoms with Crippen LogP contribution < -0.4 is 4.90 Å². The second kappa shape index (κ2) is 5.99. The molecular formula is C14H23N5. The molecule has 19 heavy (non-hydrogen) atoms. The molecule has 0 radical (unpaired) electrons. The van der Waals surface area contributed by atoms with Crippen molar-refractivity contribution < 1.29 is 0 Å². The summed E-state index contributed by atoms with van der Waals surface area (Å²) in [6.45, 7) is 10.4. The Morgan fingerprint density at radius 1 is 1.32 bits per heavy atom. The summed E-state index contributed by atoms with van der Waals surface area (Å²) in [5.74, 6) is 2.57. The van der Waals surface area contributed by atoms with Crippen molar-refractivity contribution >= 4 is 16.9 Å². The quantitative estimate of drug-likeness (QED) is 0.857. The SMILES string of the molecule is CC.Cc1nc(N2CCCC(C)C2)c2cn[nH]c2n1. The number of rotatable bonds is 1. The summed E-state index contributed by atoms with van der Waals surface area (Å²) in [4.78, 5) is 11.3. The number of hydrogen-bond donors (Lipinski definition) is 1. The molecule has 2 aromatic heterocycles. The maximum Gasteiger partial charge on any atom is 0.161 e. The maximum absolute atomic E-state index is 4.59. The van der Waals surface area contributed by atoms with Crippen molar-refractivity contribution in [2.24, 2.45) is 5.92 Å². The lowest BCUT2D eigenvalue weighted by Gasteiger charge is -2.32. The highest BCUT2D eigenvalue weighted by atomic mass is 15.2. The molecule has 1 fully saturated rings. The summed E-state index contributed by atoms with van der Waals surface area (Å²) in [5.41, 5.74) is 0.839. The molecule has 1 atom stereocenters. The van der Waals surface area contributed by atoms with Crippen LogP contribution in [0.1, 0.15) is 39.4 Å². The first kappa shape index (κ1) is 13.8. The zero-order valence-electron chi connectivity index (χ0n) is 12.3. The Morgan fingerprint density at radius 2 is 2.11 bits per heavy atom. The summed E-state index contributed by atoms with van der Waals surface area (Å²) in [7, 11) is 0. The molecule has 0 spiro atoms. The number of piperidine rings is 1. The van der Waals surface area contributed by atoms with Gasteiger partial charge in [0.15, 0.2) is 5.65 Å². The largest absolute Gasteiger partial charge is 0.356 e. The Bertz CT molecular complexity index is 534. The van der Waals surface area contributed by atoms with Gasteiger partial charge in [0.2, 0.25) is 0 Å². The third-order valence-corrected chi connectivity index (χ3v) is 3.36. The number of aromatic nitrogens is 4. The monoisotopic (exact) mass is 261 g/mol. The molecule has 1 saturated heterocycles. The number of H-pyrrole nitrogens is 1. The molecule has 0 saturated carbocycles. The van der Waals surface area contributed by atoms with E-state index in [0.29, 0.717) is 0 Å².